The first-order valence-corrected chi connectivity index (χ1v) is 11.3. The van der Waals surface area contributed by atoms with E-state index in [1.807, 2.05) is 91.9 Å². The maximum Gasteiger partial charge on any atom is 0.255 e. The molecule has 0 bridgehead atoms. The van der Waals surface area contributed by atoms with Gasteiger partial charge in [-0.3, -0.25) is 9.59 Å². The summed E-state index contributed by atoms with van der Waals surface area (Å²) in [4.78, 5) is 24.9. The zero-order valence-corrected chi connectivity index (χ0v) is 19.5. The van der Waals surface area contributed by atoms with Crippen molar-refractivity contribution in [1.29, 1.82) is 0 Å². The number of hydrogen-bond acceptors (Lipinski definition) is 4. The van der Waals surface area contributed by atoms with Gasteiger partial charge in [0.15, 0.2) is 0 Å². The second-order valence-corrected chi connectivity index (χ2v) is 8.07. The van der Waals surface area contributed by atoms with E-state index >= 15 is 0 Å². The van der Waals surface area contributed by atoms with E-state index in [0.29, 0.717) is 29.3 Å². The minimum atomic E-state index is -0.197. The van der Waals surface area contributed by atoms with E-state index in [0.717, 1.165) is 16.8 Å². The van der Waals surface area contributed by atoms with Crippen molar-refractivity contribution < 1.29 is 14.3 Å². The van der Waals surface area contributed by atoms with Crippen LogP contribution < -0.4 is 20.7 Å². The lowest BCUT2D eigenvalue weighted by molar-refractivity contribution is -0.114. The second-order valence-electron chi connectivity index (χ2n) is 8.07. The number of rotatable bonds is 9. The number of carbonyl (C=O) groups is 2. The molecule has 0 fully saturated rings. The number of hydrogen-bond donors (Lipinski definition) is 3. The first kappa shape index (κ1) is 23.6. The highest BCUT2D eigenvalue weighted by Crippen LogP contribution is 2.25. The first-order chi connectivity index (χ1) is 17.1. The molecule has 0 spiro atoms. The van der Waals surface area contributed by atoms with Gasteiger partial charge in [0.1, 0.15) is 12.4 Å². The molecule has 0 aliphatic carbocycles. The molecule has 6 nitrogen and oxygen atoms in total. The Morgan fingerprint density at radius 2 is 1.46 bits per heavy atom. The number of nitrogens with one attached hydrogen (secondary N) is 3. The van der Waals surface area contributed by atoms with Crippen molar-refractivity contribution in [2.75, 3.05) is 22.5 Å². The third kappa shape index (κ3) is 6.95. The fourth-order valence-corrected chi connectivity index (χ4v) is 3.47. The summed E-state index contributed by atoms with van der Waals surface area (Å²) in [6.07, 6.45) is 0. The van der Waals surface area contributed by atoms with E-state index in [-0.39, 0.29) is 18.4 Å². The summed E-state index contributed by atoms with van der Waals surface area (Å²) < 4.78 is 5.90. The molecule has 0 unspecified atom stereocenters. The zero-order valence-electron chi connectivity index (χ0n) is 19.5. The van der Waals surface area contributed by atoms with Gasteiger partial charge in [-0.25, -0.2) is 0 Å². The van der Waals surface area contributed by atoms with Gasteiger partial charge in [-0.15, -0.1) is 0 Å². The second kappa shape index (κ2) is 11.5. The van der Waals surface area contributed by atoms with Crippen molar-refractivity contribution in [3.8, 4) is 5.75 Å². The highest BCUT2D eigenvalue weighted by atomic mass is 16.5. The number of carbonyl (C=O) groups excluding carboxylic acids is 2. The topological polar surface area (TPSA) is 79.5 Å². The monoisotopic (exact) mass is 465 g/mol. The van der Waals surface area contributed by atoms with Crippen LogP contribution in [0.1, 0.15) is 21.5 Å². The maximum atomic E-state index is 12.5. The molecule has 0 heterocycles. The van der Waals surface area contributed by atoms with E-state index in [4.69, 9.17) is 4.74 Å². The molecule has 0 radical (unpaired) electrons. The third-order valence-corrected chi connectivity index (χ3v) is 5.27. The summed E-state index contributed by atoms with van der Waals surface area (Å²) in [5, 5.41) is 8.87. The summed E-state index contributed by atoms with van der Waals surface area (Å²) in [5.74, 6) is 0.248. The van der Waals surface area contributed by atoms with Gasteiger partial charge in [0.2, 0.25) is 5.91 Å². The molecule has 6 heteroatoms. The Morgan fingerprint density at radius 1 is 0.743 bits per heavy atom. The fourth-order valence-electron chi connectivity index (χ4n) is 3.47. The summed E-state index contributed by atoms with van der Waals surface area (Å²) in [6, 6.07) is 31.9. The maximum absolute atomic E-state index is 12.5. The quantitative estimate of drug-likeness (QED) is 0.289. The summed E-state index contributed by atoms with van der Waals surface area (Å²) in [6.45, 7) is 2.45. The van der Waals surface area contributed by atoms with Gasteiger partial charge in [-0.1, -0.05) is 60.2 Å². The van der Waals surface area contributed by atoms with Crippen molar-refractivity contribution >= 4 is 28.9 Å². The Bertz CT molecular complexity index is 1290. The lowest BCUT2D eigenvalue weighted by Crippen LogP contribution is -2.22. The highest BCUT2D eigenvalue weighted by molar-refractivity contribution is 6.04. The van der Waals surface area contributed by atoms with E-state index in [9.17, 15) is 9.59 Å². The standard InChI is InChI=1S/C29H27N3O3/c1-21-8-7-11-23(18-21)29(34)31-25-16-14-24(15-17-25)30-19-28(33)32-26-12-5-6-13-27(26)35-20-22-9-3-2-4-10-22/h2-18,30H,19-20H2,1H3,(H,31,34)(H,32,33). The number of para-hydroxylation sites is 2. The molecule has 3 N–H and O–H groups in total. The molecule has 35 heavy (non-hydrogen) atoms. The van der Waals surface area contributed by atoms with Gasteiger partial charge in [-0.05, 0) is 61.0 Å². The predicted molar refractivity (Wildman–Crippen MR) is 140 cm³/mol. The Balaban J connectivity index is 1.28. The Hall–Kier alpha value is -4.58. The first-order valence-electron chi connectivity index (χ1n) is 11.3. The lowest BCUT2D eigenvalue weighted by atomic mass is 10.1. The molecular formula is C29H27N3O3. The molecule has 176 valence electrons. The van der Waals surface area contributed by atoms with Crippen LogP contribution in [0.5, 0.6) is 5.75 Å². The summed E-state index contributed by atoms with van der Waals surface area (Å²) >= 11 is 0. The molecule has 0 aliphatic heterocycles. The lowest BCUT2D eigenvalue weighted by Gasteiger charge is -2.13. The summed E-state index contributed by atoms with van der Waals surface area (Å²) in [7, 11) is 0. The van der Waals surface area contributed by atoms with Crippen LogP contribution in [0.3, 0.4) is 0 Å². The van der Waals surface area contributed by atoms with E-state index in [1.165, 1.54) is 0 Å². The largest absolute Gasteiger partial charge is 0.487 e. The van der Waals surface area contributed by atoms with Gasteiger partial charge in [0.25, 0.3) is 5.91 Å². The number of anilines is 3. The molecule has 4 rings (SSSR count). The molecule has 0 saturated heterocycles. The van der Waals surface area contributed by atoms with Crippen LogP contribution in [0, 0.1) is 6.92 Å². The van der Waals surface area contributed by atoms with Gasteiger partial charge >= 0.3 is 0 Å². The average molecular weight is 466 g/mol. The van der Waals surface area contributed by atoms with E-state index < -0.39 is 0 Å². The SMILES string of the molecule is Cc1cccc(C(=O)Nc2ccc(NCC(=O)Nc3ccccc3OCc3ccccc3)cc2)c1. The van der Waals surface area contributed by atoms with Crippen molar-refractivity contribution in [3.05, 3.63) is 120 Å². The zero-order chi connectivity index (χ0) is 24.5. The third-order valence-electron chi connectivity index (χ3n) is 5.27. The van der Waals surface area contributed by atoms with Gasteiger partial charge in [0, 0.05) is 16.9 Å². The summed E-state index contributed by atoms with van der Waals surface area (Å²) in [5.41, 5.74) is 4.74. The molecule has 4 aromatic carbocycles. The van der Waals surface area contributed by atoms with E-state index in [2.05, 4.69) is 16.0 Å². The molecule has 0 aliphatic rings. The molecule has 4 aromatic rings. The van der Waals surface area contributed by atoms with E-state index in [1.54, 1.807) is 18.2 Å². The number of amides is 2. The number of aryl methyl sites for hydroxylation is 1. The number of benzene rings is 4. The Kier molecular flexibility index (Phi) is 7.76. The average Bonchev–Trinajstić information content (AvgIpc) is 2.88. The minimum Gasteiger partial charge on any atom is -0.487 e. The molecular weight excluding hydrogens is 438 g/mol. The van der Waals surface area contributed by atoms with Gasteiger partial charge < -0.3 is 20.7 Å². The highest BCUT2D eigenvalue weighted by Gasteiger charge is 2.09. The minimum absolute atomic E-state index is 0.0853. The van der Waals surface area contributed by atoms with Crippen LogP contribution in [-0.4, -0.2) is 18.4 Å². The predicted octanol–water partition coefficient (Wildman–Crippen LogP) is 5.88. The molecule has 0 aromatic heterocycles. The molecule has 0 atom stereocenters. The van der Waals surface area contributed by atoms with Crippen LogP contribution in [0.4, 0.5) is 17.1 Å². The number of ether oxygens (including phenoxy) is 1. The van der Waals surface area contributed by atoms with Crippen LogP contribution in [-0.2, 0) is 11.4 Å². The van der Waals surface area contributed by atoms with Crippen molar-refractivity contribution in [3.63, 3.8) is 0 Å². The van der Waals surface area contributed by atoms with Gasteiger partial charge in [-0.2, -0.15) is 0 Å². The van der Waals surface area contributed by atoms with Crippen LogP contribution >= 0.6 is 0 Å². The molecule has 0 saturated carbocycles. The molecule has 2 amide bonds. The van der Waals surface area contributed by atoms with Crippen LogP contribution in [0.15, 0.2) is 103 Å². The van der Waals surface area contributed by atoms with Crippen LogP contribution in [0.2, 0.25) is 0 Å². The van der Waals surface area contributed by atoms with Crippen molar-refractivity contribution in [1.82, 2.24) is 0 Å². The van der Waals surface area contributed by atoms with Crippen molar-refractivity contribution in [2.45, 2.75) is 13.5 Å². The normalized spacial score (nSPS) is 10.3. The Morgan fingerprint density at radius 3 is 2.23 bits per heavy atom. The fraction of sp³-hybridized carbons (Fsp3) is 0.103. The van der Waals surface area contributed by atoms with Crippen LogP contribution in [0.25, 0.3) is 0 Å². The van der Waals surface area contributed by atoms with Gasteiger partial charge in [0.05, 0.1) is 12.2 Å². The van der Waals surface area contributed by atoms with Crippen molar-refractivity contribution in [2.24, 2.45) is 0 Å². The smallest absolute Gasteiger partial charge is 0.255 e. The Labute approximate surface area is 205 Å².